The van der Waals surface area contributed by atoms with E-state index in [1.807, 2.05) is 46.8 Å². The minimum absolute atomic E-state index is 0.0240. The van der Waals surface area contributed by atoms with Gasteiger partial charge >= 0.3 is 0 Å². The van der Waals surface area contributed by atoms with Gasteiger partial charge in [0, 0.05) is 5.41 Å². The Bertz CT molecular complexity index is 837. The molecule has 2 rings (SSSR count). The molecule has 0 saturated heterocycles. The van der Waals surface area contributed by atoms with Crippen LogP contribution < -0.4 is 20.5 Å². The van der Waals surface area contributed by atoms with E-state index in [4.69, 9.17) is 9.47 Å². The van der Waals surface area contributed by atoms with Gasteiger partial charge in [-0.15, -0.1) is 10.2 Å². The number of anilines is 1. The molecule has 0 atom stereocenters. The molecule has 1 aromatic heterocycles. The van der Waals surface area contributed by atoms with Crippen LogP contribution in [0.4, 0.5) is 5.95 Å². The molecule has 0 amide bonds. The van der Waals surface area contributed by atoms with Gasteiger partial charge in [-0.2, -0.15) is 5.10 Å². The van der Waals surface area contributed by atoms with Crippen LogP contribution in [0.5, 0.6) is 11.5 Å². The minimum atomic E-state index is -0.377. The van der Waals surface area contributed by atoms with Crippen molar-refractivity contribution in [2.24, 2.45) is 5.10 Å². The van der Waals surface area contributed by atoms with Crippen LogP contribution in [0.2, 0.25) is 0 Å². The van der Waals surface area contributed by atoms with E-state index < -0.39 is 0 Å². The predicted octanol–water partition coefficient (Wildman–Crippen LogP) is 2.70. The van der Waals surface area contributed by atoms with Gasteiger partial charge < -0.3 is 9.47 Å². The number of hydrazone groups is 1. The van der Waals surface area contributed by atoms with Gasteiger partial charge in [0.15, 0.2) is 11.5 Å². The maximum absolute atomic E-state index is 12.1. The zero-order valence-electron chi connectivity index (χ0n) is 16.0. The number of ether oxygens (including phenoxy) is 2. The summed E-state index contributed by atoms with van der Waals surface area (Å²) < 4.78 is 11.0. The third-order valence-electron chi connectivity index (χ3n) is 3.34. The molecule has 2 aromatic rings. The number of methoxy groups -OCH3 is 1. The summed E-state index contributed by atoms with van der Waals surface area (Å²) in [6.45, 7) is 9.59. The molecular formula is C18H25N5O3. The van der Waals surface area contributed by atoms with Crippen LogP contribution in [-0.2, 0) is 5.41 Å². The molecule has 0 saturated carbocycles. The first-order valence-electron chi connectivity index (χ1n) is 8.32. The SMILES string of the molecule is COc1ccc(/C=N/Nc2nnc(C(C)(C)C)c(=O)[nH]2)cc1OC(C)C. The van der Waals surface area contributed by atoms with Gasteiger partial charge in [0.2, 0.25) is 5.95 Å². The Balaban J connectivity index is 2.13. The standard InChI is InChI=1S/C18H25N5O3/c1-11(2)26-14-9-12(7-8-13(14)25-6)10-19-22-17-20-16(24)15(21-23-17)18(3,4)5/h7-11H,1-6H3,(H2,20,22,23,24)/b19-10+. The highest BCUT2D eigenvalue weighted by Gasteiger charge is 2.20. The Morgan fingerprint density at radius 2 is 1.96 bits per heavy atom. The second-order valence-corrected chi connectivity index (χ2v) is 7.05. The van der Waals surface area contributed by atoms with E-state index in [1.54, 1.807) is 19.4 Å². The Morgan fingerprint density at radius 1 is 1.23 bits per heavy atom. The quantitative estimate of drug-likeness (QED) is 0.607. The van der Waals surface area contributed by atoms with E-state index in [-0.39, 0.29) is 23.0 Å². The Morgan fingerprint density at radius 3 is 2.54 bits per heavy atom. The minimum Gasteiger partial charge on any atom is -0.493 e. The normalized spacial score (nSPS) is 11.8. The van der Waals surface area contributed by atoms with Crippen LogP contribution in [0.3, 0.4) is 0 Å². The first-order valence-corrected chi connectivity index (χ1v) is 8.32. The Hall–Kier alpha value is -2.90. The number of aromatic amines is 1. The van der Waals surface area contributed by atoms with E-state index in [1.165, 1.54) is 0 Å². The number of rotatable bonds is 6. The summed E-state index contributed by atoms with van der Waals surface area (Å²) in [6.07, 6.45) is 1.61. The summed E-state index contributed by atoms with van der Waals surface area (Å²) in [5.41, 5.74) is 3.18. The number of hydrogen-bond acceptors (Lipinski definition) is 7. The van der Waals surface area contributed by atoms with Crippen molar-refractivity contribution in [3.05, 3.63) is 39.8 Å². The van der Waals surface area contributed by atoms with E-state index in [0.29, 0.717) is 17.2 Å². The molecule has 0 aliphatic carbocycles. The van der Waals surface area contributed by atoms with Gasteiger partial charge in [-0.25, -0.2) is 5.43 Å². The third-order valence-corrected chi connectivity index (χ3v) is 3.34. The van der Waals surface area contributed by atoms with E-state index in [9.17, 15) is 4.79 Å². The van der Waals surface area contributed by atoms with Crippen molar-refractivity contribution in [1.82, 2.24) is 15.2 Å². The topological polar surface area (TPSA) is 101 Å². The number of hydrogen-bond donors (Lipinski definition) is 2. The van der Waals surface area contributed by atoms with Gasteiger partial charge in [-0.05, 0) is 37.6 Å². The molecule has 140 valence electrons. The molecule has 0 aliphatic heterocycles. The van der Waals surface area contributed by atoms with Gasteiger partial charge in [0.25, 0.3) is 5.56 Å². The molecular weight excluding hydrogens is 334 g/mol. The van der Waals surface area contributed by atoms with Crippen LogP contribution in [0.15, 0.2) is 28.1 Å². The molecule has 26 heavy (non-hydrogen) atoms. The summed E-state index contributed by atoms with van der Waals surface area (Å²) in [6, 6.07) is 5.47. The molecule has 2 N–H and O–H groups in total. The van der Waals surface area contributed by atoms with E-state index >= 15 is 0 Å². The third kappa shape index (κ3) is 5.05. The zero-order valence-corrected chi connectivity index (χ0v) is 16.0. The number of nitrogens with zero attached hydrogens (tertiary/aromatic N) is 3. The molecule has 0 unspecified atom stereocenters. The maximum Gasteiger partial charge on any atom is 0.274 e. The molecule has 0 radical (unpaired) electrons. The number of benzene rings is 1. The number of aromatic nitrogens is 3. The van der Waals surface area contributed by atoms with Crippen LogP contribution in [0, 0.1) is 0 Å². The van der Waals surface area contributed by atoms with Crippen molar-refractivity contribution in [3.8, 4) is 11.5 Å². The fraction of sp³-hybridized carbons (Fsp3) is 0.444. The molecule has 8 heteroatoms. The molecule has 1 aromatic carbocycles. The monoisotopic (exact) mass is 359 g/mol. The lowest BCUT2D eigenvalue weighted by molar-refractivity contribution is 0.230. The van der Waals surface area contributed by atoms with Gasteiger partial charge in [-0.1, -0.05) is 20.8 Å². The number of H-pyrrole nitrogens is 1. The lowest BCUT2D eigenvalue weighted by Crippen LogP contribution is -2.28. The van der Waals surface area contributed by atoms with Gasteiger partial charge in [0.1, 0.15) is 5.69 Å². The molecule has 0 spiro atoms. The first-order chi connectivity index (χ1) is 12.2. The van der Waals surface area contributed by atoms with Crippen LogP contribution in [0.25, 0.3) is 0 Å². The van der Waals surface area contributed by atoms with Crippen molar-refractivity contribution < 1.29 is 9.47 Å². The number of nitrogens with one attached hydrogen (secondary N) is 2. The van der Waals surface area contributed by atoms with Crippen molar-refractivity contribution in [1.29, 1.82) is 0 Å². The fourth-order valence-corrected chi connectivity index (χ4v) is 2.17. The molecule has 1 heterocycles. The van der Waals surface area contributed by atoms with Crippen molar-refractivity contribution in [2.75, 3.05) is 12.5 Å². The predicted molar refractivity (Wildman–Crippen MR) is 101 cm³/mol. The Kier molecular flexibility index (Phi) is 5.97. The molecule has 0 bridgehead atoms. The maximum atomic E-state index is 12.1. The highest BCUT2D eigenvalue weighted by Crippen LogP contribution is 2.28. The average molecular weight is 359 g/mol. The largest absolute Gasteiger partial charge is 0.493 e. The Labute approximate surface area is 152 Å². The molecule has 8 nitrogen and oxygen atoms in total. The van der Waals surface area contributed by atoms with Crippen LogP contribution in [0.1, 0.15) is 45.9 Å². The molecule has 0 fully saturated rings. The van der Waals surface area contributed by atoms with Crippen LogP contribution >= 0.6 is 0 Å². The summed E-state index contributed by atoms with van der Waals surface area (Å²) >= 11 is 0. The summed E-state index contributed by atoms with van der Waals surface area (Å²) in [7, 11) is 1.59. The van der Waals surface area contributed by atoms with Crippen molar-refractivity contribution >= 4 is 12.2 Å². The summed E-state index contributed by atoms with van der Waals surface area (Å²) in [4.78, 5) is 14.7. The smallest absolute Gasteiger partial charge is 0.274 e. The highest BCUT2D eigenvalue weighted by molar-refractivity contribution is 5.81. The lowest BCUT2D eigenvalue weighted by atomic mass is 9.93. The zero-order chi connectivity index (χ0) is 19.3. The van der Waals surface area contributed by atoms with E-state index in [0.717, 1.165) is 5.56 Å². The van der Waals surface area contributed by atoms with Gasteiger partial charge in [0.05, 0.1) is 19.4 Å². The van der Waals surface area contributed by atoms with Crippen LogP contribution in [-0.4, -0.2) is 34.6 Å². The molecule has 0 aliphatic rings. The average Bonchev–Trinajstić information content (AvgIpc) is 2.53. The second-order valence-electron chi connectivity index (χ2n) is 7.05. The first kappa shape index (κ1) is 19.4. The fourth-order valence-electron chi connectivity index (χ4n) is 2.17. The lowest BCUT2D eigenvalue weighted by Gasteiger charge is -2.15. The van der Waals surface area contributed by atoms with E-state index in [2.05, 4.69) is 25.7 Å². The van der Waals surface area contributed by atoms with Gasteiger partial charge in [-0.3, -0.25) is 9.78 Å². The summed E-state index contributed by atoms with van der Waals surface area (Å²) in [5.74, 6) is 1.46. The second kappa shape index (κ2) is 7.99. The van der Waals surface area contributed by atoms with Crippen molar-refractivity contribution in [2.45, 2.75) is 46.1 Å². The van der Waals surface area contributed by atoms with Crippen molar-refractivity contribution in [3.63, 3.8) is 0 Å². The highest BCUT2D eigenvalue weighted by atomic mass is 16.5. The summed E-state index contributed by atoms with van der Waals surface area (Å²) in [5, 5.41) is 12.0.